The maximum absolute atomic E-state index is 10.2. The molecule has 0 amide bonds. The van der Waals surface area contributed by atoms with E-state index >= 15 is 0 Å². The number of hydrogen-bond donors (Lipinski definition) is 2. The Morgan fingerprint density at radius 1 is 1.20 bits per heavy atom. The second-order valence-electron chi connectivity index (χ2n) is 6.20. The fraction of sp³-hybridized carbons (Fsp3) is 0.471. The molecule has 0 bridgehead atoms. The van der Waals surface area contributed by atoms with Crippen molar-refractivity contribution in [3.8, 4) is 0 Å². The lowest BCUT2D eigenvalue weighted by atomic mass is 9.74. The van der Waals surface area contributed by atoms with Crippen LogP contribution < -0.4 is 0 Å². The Balaban J connectivity index is 0.000000204. The average Bonchev–Trinajstić information content (AvgIpc) is 2.39. The van der Waals surface area contributed by atoms with Gasteiger partial charge in [0.1, 0.15) is 0 Å². The molecule has 1 aliphatic rings. The fourth-order valence-corrected chi connectivity index (χ4v) is 2.15. The van der Waals surface area contributed by atoms with Crippen molar-refractivity contribution in [2.24, 2.45) is 11.3 Å². The van der Waals surface area contributed by atoms with Crippen LogP contribution in [0.2, 0.25) is 0 Å². The van der Waals surface area contributed by atoms with Crippen molar-refractivity contribution >= 4 is 5.97 Å². The SMILES string of the molecule is CC(C)(C)C1CC=CC(O)C1.O=C(O)c1ccccc1. The normalized spacial score (nSPS) is 21.8. The molecule has 0 radical (unpaired) electrons. The van der Waals surface area contributed by atoms with Crippen molar-refractivity contribution in [3.63, 3.8) is 0 Å². The zero-order valence-corrected chi connectivity index (χ0v) is 12.4. The first-order valence-corrected chi connectivity index (χ1v) is 6.93. The third kappa shape index (κ3) is 5.57. The standard InChI is InChI=1S/C10H18O.C7H6O2/c1-10(2,3)8-5-4-6-9(11)7-8;8-7(9)6-4-2-1-3-5-6/h4,6,8-9,11H,5,7H2,1-3H3;1-5H,(H,8,9). The summed E-state index contributed by atoms with van der Waals surface area (Å²) in [5.41, 5.74) is 0.670. The molecule has 0 saturated carbocycles. The van der Waals surface area contributed by atoms with Gasteiger partial charge in [0.2, 0.25) is 0 Å². The molecule has 1 aliphatic carbocycles. The monoisotopic (exact) mass is 276 g/mol. The Morgan fingerprint density at radius 2 is 1.80 bits per heavy atom. The first kappa shape index (κ1) is 16.4. The molecule has 0 spiro atoms. The number of carbonyl (C=O) groups is 1. The van der Waals surface area contributed by atoms with Gasteiger partial charge in [-0.15, -0.1) is 0 Å². The van der Waals surface area contributed by atoms with E-state index in [1.165, 1.54) is 0 Å². The summed E-state index contributed by atoms with van der Waals surface area (Å²) in [6.07, 6.45) is 5.86. The van der Waals surface area contributed by atoms with Crippen LogP contribution in [0.1, 0.15) is 44.0 Å². The van der Waals surface area contributed by atoms with Crippen LogP contribution >= 0.6 is 0 Å². The molecule has 2 unspecified atom stereocenters. The molecule has 0 aliphatic heterocycles. The molecule has 0 aromatic heterocycles. The third-order valence-corrected chi connectivity index (χ3v) is 3.55. The molecular weight excluding hydrogens is 252 g/mol. The van der Waals surface area contributed by atoms with Crippen molar-refractivity contribution in [3.05, 3.63) is 48.0 Å². The van der Waals surface area contributed by atoms with Crippen molar-refractivity contribution in [1.82, 2.24) is 0 Å². The molecule has 0 heterocycles. The second-order valence-corrected chi connectivity index (χ2v) is 6.20. The third-order valence-electron chi connectivity index (χ3n) is 3.55. The molecule has 2 rings (SSSR count). The summed E-state index contributed by atoms with van der Waals surface area (Å²) < 4.78 is 0. The Bertz CT molecular complexity index is 443. The smallest absolute Gasteiger partial charge is 0.335 e. The minimum atomic E-state index is -0.879. The number of rotatable bonds is 1. The van der Waals surface area contributed by atoms with E-state index < -0.39 is 5.97 Å². The van der Waals surface area contributed by atoms with Crippen LogP contribution in [0.4, 0.5) is 0 Å². The van der Waals surface area contributed by atoms with Gasteiger partial charge in [-0.05, 0) is 36.3 Å². The predicted octanol–water partition coefficient (Wildman–Crippen LogP) is 3.74. The average molecular weight is 276 g/mol. The topological polar surface area (TPSA) is 57.5 Å². The molecule has 2 atom stereocenters. The number of carboxylic acids is 1. The van der Waals surface area contributed by atoms with Gasteiger partial charge in [0.15, 0.2) is 0 Å². The van der Waals surface area contributed by atoms with E-state index in [9.17, 15) is 9.90 Å². The molecular formula is C17H24O3. The Labute approximate surface area is 121 Å². The summed E-state index contributed by atoms with van der Waals surface area (Å²) in [5.74, 6) is -0.238. The van der Waals surface area contributed by atoms with E-state index in [1.54, 1.807) is 30.3 Å². The van der Waals surface area contributed by atoms with Crippen molar-refractivity contribution in [2.75, 3.05) is 0 Å². The molecule has 3 heteroatoms. The Kier molecular flexibility index (Phi) is 5.96. The maximum atomic E-state index is 10.2. The van der Waals surface area contributed by atoms with Gasteiger partial charge in [-0.25, -0.2) is 4.79 Å². The van der Waals surface area contributed by atoms with Gasteiger partial charge in [-0.2, -0.15) is 0 Å². The molecule has 1 aromatic rings. The van der Waals surface area contributed by atoms with Crippen LogP contribution in [-0.2, 0) is 0 Å². The zero-order valence-electron chi connectivity index (χ0n) is 12.4. The molecule has 2 N–H and O–H groups in total. The highest BCUT2D eigenvalue weighted by molar-refractivity contribution is 5.87. The van der Waals surface area contributed by atoms with Gasteiger partial charge in [-0.1, -0.05) is 51.1 Å². The lowest BCUT2D eigenvalue weighted by Crippen LogP contribution is -2.26. The first-order chi connectivity index (χ1) is 9.30. The van der Waals surface area contributed by atoms with E-state index in [2.05, 4.69) is 26.8 Å². The number of aromatic carboxylic acids is 1. The Morgan fingerprint density at radius 3 is 2.15 bits per heavy atom. The summed E-state index contributed by atoms with van der Waals surface area (Å²) in [6, 6.07) is 8.30. The summed E-state index contributed by atoms with van der Waals surface area (Å²) >= 11 is 0. The Hall–Kier alpha value is -1.61. The van der Waals surface area contributed by atoms with Gasteiger partial charge in [-0.3, -0.25) is 0 Å². The predicted molar refractivity (Wildman–Crippen MR) is 80.7 cm³/mol. The quantitative estimate of drug-likeness (QED) is 0.768. The van der Waals surface area contributed by atoms with Crippen LogP contribution in [0.3, 0.4) is 0 Å². The van der Waals surface area contributed by atoms with Crippen LogP contribution in [0.15, 0.2) is 42.5 Å². The fourth-order valence-electron chi connectivity index (χ4n) is 2.15. The van der Waals surface area contributed by atoms with Gasteiger partial charge in [0, 0.05) is 0 Å². The van der Waals surface area contributed by atoms with E-state index in [-0.39, 0.29) is 6.10 Å². The van der Waals surface area contributed by atoms with Gasteiger partial charge >= 0.3 is 5.97 Å². The van der Waals surface area contributed by atoms with Gasteiger partial charge in [0.25, 0.3) is 0 Å². The van der Waals surface area contributed by atoms with Crippen LogP contribution in [0, 0.1) is 11.3 Å². The summed E-state index contributed by atoms with van der Waals surface area (Å²) in [4.78, 5) is 10.2. The summed E-state index contributed by atoms with van der Waals surface area (Å²) in [6.45, 7) is 6.72. The van der Waals surface area contributed by atoms with Crippen LogP contribution in [-0.4, -0.2) is 22.3 Å². The minimum absolute atomic E-state index is 0.201. The van der Waals surface area contributed by atoms with E-state index in [1.807, 2.05) is 6.08 Å². The van der Waals surface area contributed by atoms with E-state index in [0.29, 0.717) is 16.9 Å². The lowest BCUT2D eigenvalue weighted by Gasteiger charge is -2.33. The number of hydrogen-bond acceptors (Lipinski definition) is 2. The lowest BCUT2D eigenvalue weighted by molar-refractivity contribution is 0.0697. The highest BCUT2D eigenvalue weighted by atomic mass is 16.4. The number of allylic oxidation sites excluding steroid dienone is 1. The molecule has 110 valence electrons. The molecule has 0 saturated heterocycles. The molecule has 1 aromatic carbocycles. The van der Waals surface area contributed by atoms with Gasteiger partial charge in [0.05, 0.1) is 11.7 Å². The maximum Gasteiger partial charge on any atom is 0.335 e. The van der Waals surface area contributed by atoms with Gasteiger partial charge < -0.3 is 10.2 Å². The largest absolute Gasteiger partial charge is 0.478 e. The molecule has 20 heavy (non-hydrogen) atoms. The minimum Gasteiger partial charge on any atom is -0.478 e. The number of aliphatic hydroxyl groups is 1. The number of carboxylic acid groups (broad SMARTS) is 1. The van der Waals surface area contributed by atoms with E-state index in [4.69, 9.17) is 5.11 Å². The summed E-state index contributed by atoms with van der Waals surface area (Å²) in [7, 11) is 0. The van der Waals surface area contributed by atoms with Crippen LogP contribution in [0.25, 0.3) is 0 Å². The number of aliphatic hydroxyl groups excluding tert-OH is 1. The molecule has 0 fully saturated rings. The first-order valence-electron chi connectivity index (χ1n) is 6.93. The van der Waals surface area contributed by atoms with Crippen molar-refractivity contribution in [1.29, 1.82) is 0 Å². The highest BCUT2D eigenvalue weighted by Crippen LogP contribution is 2.34. The number of benzene rings is 1. The second kappa shape index (κ2) is 7.25. The summed E-state index contributed by atoms with van der Waals surface area (Å²) in [5, 5.41) is 17.7. The van der Waals surface area contributed by atoms with Crippen molar-refractivity contribution in [2.45, 2.75) is 39.7 Å². The van der Waals surface area contributed by atoms with Crippen LogP contribution in [0.5, 0.6) is 0 Å². The van der Waals surface area contributed by atoms with Crippen molar-refractivity contribution < 1.29 is 15.0 Å². The molecule has 3 nitrogen and oxygen atoms in total. The highest BCUT2D eigenvalue weighted by Gasteiger charge is 2.27. The van der Waals surface area contributed by atoms with E-state index in [0.717, 1.165) is 12.8 Å². The zero-order chi connectivity index (χ0) is 15.2.